The highest BCUT2D eigenvalue weighted by atomic mass is 32.2. The maximum absolute atomic E-state index is 15.3. The lowest BCUT2D eigenvalue weighted by Gasteiger charge is -2.38. The molecule has 0 spiro atoms. The number of hydrogen-bond acceptors (Lipinski definition) is 12. The van der Waals surface area contributed by atoms with E-state index in [9.17, 15) is 53.7 Å². The minimum atomic E-state index is -6.02. The van der Waals surface area contributed by atoms with Crippen LogP contribution >= 0.6 is 0 Å². The molecule has 0 atom stereocenters. The van der Waals surface area contributed by atoms with E-state index in [4.69, 9.17) is 28.4 Å². The molecule has 0 aliphatic carbocycles. The van der Waals surface area contributed by atoms with Crippen molar-refractivity contribution >= 4 is 19.7 Å². The van der Waals surface area contributed by atoms with Crippen LogP contribution in [0.5, 0.6) is 63.2 Å². The molecular weight excluding hydrogens is 1320 g/mol. The van der Waals surface area contributed by atoms with Crippen LogP contribution in [0.3, 0.4) is 0 Å². The number of hydrogen-bond donors (Lipinski definition) is 0. The minimum Gasteiger partial charge on any atom is -0.497 e. The van der Waals surface area contributed by atoms with Gasteiger partial charge in [0.15, 0.2) is 0 Å². The van der Waals surface area contributed by atoms with Crippen molar-refractivity contribution < 1.29 is 97.9 Å². The van der Waals surface area contributed by atoms with Gasteiger partial charge < -0.3 is 28.4 Å². The number of ether oxygens (including phenoxy) is 6. The van der Waals surface area contributed by atoms with E-state index < -0.39 is 77.5 Å². The number of nitrogens with zero attached hydrogens (tertiary/aromatic N) is 2. The summed E-state index contributed by atoms with van der Waals surface area (Å²) in [6.07, 6.45) is -23.8. The highest BCUT2D eigenvalue weighted by molar-refractivity contribution is 7.91. The molecule has 0 N–H and O–H groups in total. The first kappa shape index (κ1) is 67.9. The van der Waals surface area contributed by atoms with Crippen LogP contribution in [-0.2, 0) is 30.5 Å². The molecule has 0 radical (unpaired) electrons. The number of rotatable bonds is 19. The highest BCUT2D eigenvalue weighted by Crippen LogP contribution is 2.58. The summed E-state index contributed by atoms with van der Waals surface area (Å²) in [4.78, 5) is -0.828. The van der Waals surface area contributed by atoms with Gasteiger partial charge in [0, 0.05) is 0 Å². The fraction of sp³-hybridized carbons (Fsp3) is 0.114. The van der Waals surface area contributed by atoms with Gasteiger partial charge in [-0.3, -0.25) is 0 Å². The second-order valence-electron chi connectivity index (χ2n) is 21.0. The zero-order chi connectivity index (χ0) is 69.2. The first-order chi connectivity index (χ1) is 45.3. The van der Waals surface area contributed by atoms with Gasteiger partial charge in [-0.05, 0) is 199 Å². The fourth-order valence-electron chi connectivity index (χ4n) is 10.5. The lowest BCUT2D eigenvalue weighted by Crippen LogP contribution is -2.54. The van der Waals surface area contributed by atoms with Crippen molar-refractivity contribution in [3.8, 4) is 75.4 Å². The number of halogens is 12. The van der Waals surface area contributed by atoms with Crippen molar-refractivity contribution in [1.29, 1.82) is 10.5 Å². The number of nitriles is 2. The van der Waals surface area contributed by atoms with Gasteiger partial charge in [-0.25, -0.2) is 16.8 Å². The predicted molar refractivity (Wildman–Crippen MR) is 322 cm³/mol. The third-order valence-corrected chi connectivity index (χ3v) is 18.8. The molecule has 10 aromatic rings. The minimum absolute atomic E-state index is 0.0212. The Morgan fingerprint density at radius 1 is 0.302 bits per heavy atom. The summed E-state index contributed by atoms with van der Waals surface area (Å²) < 4.78 is 268. The smallest absolute Gasteiger partial charge is 0.411 e. The summed E-state index contributed by atoms with van der Waals surface area (Å²) in [6.45, 7) is 1.74. The van der Waals surface area contributed by atoms with E-state index >= 15 is 26.3 Å². The maximum atomic E-state index is 15.3. The molecule has 96 heavy (non-hydrogen) atoms. The first-order valence-electron chi connectivity index (χ1n) is 27.9. The van der Waals surface area contributed by atoms with Gasteiger partial charge in [0.1, 0.15) is 80.9 Å². The van der Waals surface area contributed by atoms with Gasteiger partial charge in [-0.2, -0.15) is 63.2 Å². The third-order valence-electron chi connectivity index (χ3n) is 15.2. The average Bonchev–Trinajstić information content (AvgIpc) is 0.724. The summed E-state index contributed by atoms with van der Waals surface area (Å²) >= 11 is 0. The van der Waals surface area contributed by atoms with Gasteiger partial charge in [0.05, 0.1) is 32.3 Å². The molecule has 26 heteroatoms. The molecule has 490 valence electrons. The van der Waals surface area contributed by atoms with Crippen molar-refractivity contribution in [2.45, 2.75) is 62.0 Å². The van der Waals surface area contributed by atoms with Crippen LogP contribution in [0.1, 0.15) is 38.9 Å². The van der Waals surface area contributed by atoms with E-state index in [2.05, 4.69) is 6.07 Å². The lowest BCUT2D eigenvalue weighted by molar-refractivity contribution is -0.290. The van der Waals surface area contributed by atoms with Crippen molar-refractivity contribution in [3.05, 3.63) is 269 Å². The van der Waals surface area contributed by atoms with E-state index in [0.717, 1.165) is 84.9 Å². The molecule has 10 aromatic carbocycles. The predicted octanol–water partition coefficient (Wildman–Crippen LogP) is 19.2. The van der Waals surface area contributed by atoms with E-state index in [1.54, 1.807) is 25.1 Å². The van der Waals surface area contributed by atoms with E-state index in [0.29, 0.717) is 59.7 Å². The standard InChI is InChI=1S/C70H44F12N2O10S2/c1-43-5-3-6-62(60(43)41-83)92-54-29-37-58(38-30-54)96(87,88)59-39-31-55(32-40-59)94-64-8-4-7-63(61(64)42-84)93-53-23-15-47(16-24-53)66(69(77,78)79,70(80,81)82)46-13-21-50(22-14-46)91-52-27-35-57(36-28-52)95(85,86)56-33-25-51(26-34-56)90-49-19-11-45(12-20-49)65(67(71,72)73,68(74,75)76)44-9-17-48(89-2)18-10-44/h3-40H,1-2H3. The Hall–Kier alpha value is -11.0. The van der Waals surface area contributed by atoms with Crippen LogP contribution in [0, 0.1) is 29.6 Å². The van der Waals surface area contributed by atoms with Gasteiger partial charge >= 0.3 is 24.7 Å². The van der Waals surface area contributed by atoms with Gasteiger partial charge in [-0.1, -0.05) is 66.7 Å². The molecule has 0 unspecified atom stereocenters. The Kier molecular flexibility index (Phi) is 18.5. The first-order valence-corrected chi connectivity index (χ1v) is 30.9. The number of alkyl halides is 12. The van der Waals surface area contributed by atoms with Crippen molar-refractivity contribution in [2.75, 3.05) is 7.11 Å². The highest BCUT2D eigenvalue weighted by Gasteiger charge is 2.73. The number of sulfone groups is 2. The summed E-state index contributed by atoms with van der Waals surface area (Å²) in [5.74, 6) is -0.605. The second kappa shape index (κ2) is 26.1. The summed E-state index contributed by atoms with van der Waals surface area (Å²) in [5, 5.41) is 19.7. The van der Waals surface area contributed by atoms with Crippen LogP contribution in [0.2, 0.25) is 0 Å². The van der Waals surface area contributed by atoms with E-state index in [1.165, 1.54) is 86.0 Å². The summed E-state index contributed by atoms with van der Waals surface area (Å²) in [5.41, 5.74) is -13.2. The molecule has 0 saturated carbocycles. The largest absolute Gasteiger partial charge is 0.497 e. The monoisotopic (exact) mass is 1360 g/mol. The molecule has 0 fully saturated rings. The molecule has 0 saturated heterocycles. The Morgan fingerprint density at radius 2 is 0.521 bits per heavy atom. The Balaban J connectivity index is 0.792. The molecule has 0 aliphatic heterocycles. The van der Waals surface area contributed by atoms with Crippen LogP contribution in [0.4, 0.5) is 52.7 Å². The van der Waals surface area contributed by atoms with E-state index in [1.807, 2.05) is 6.07 Å². The Morgan fingerprint density at radius 3 is 0.760 bits per heavy atom. The quantitative estimate of drug-likeness (QED) is 0.0703. The fourth-order valence-corrected chi connectivity index (χ4v) is 13.0. The zero-order valence-corrected chi connectivity index (χ0v) is 50.9. The second-order valence-corrected chi connectivity index (χ2v) is 24.9. The van der Waals surface area contributed by atoms with Crippen molar-refractivity contribution in [2.24, 2.45) is 0 Å². The summed E-state index contributed by atoms with van der Waals surface area (Å²) in [7, 11) is -7.22. The van der Waals surface area contributed by atoms with Gasteiger partial charge in [0.2, 0.25) is 30.5 Å². The number of aryl methyl sites for hydroxylation is 1. The molecule has 0 amide bonds. The van der Waals surface area contributed by atoms with Gasteiger partial charge in [-0.15, -0.1) is 0 Å². The Labute approximate surface area is 539 Å². The topological polar surface area (TPSA) is 171 Å². The lowest BCUT2D eigenvalue weighted by atomic mass is 9.73. The van der Waals surface area contributed by atoms with Crippen molar-refractivity contribution in [1.82, 2.24) is 0 Å². The molecule has 10 rings (SSSR count). The number of methoxy groups -OCH3 is 1. The maximum Gasteiger partial charge on any atom is 0.411 e. The molecule has 0 heterocycles. The van der Waals surface area contributed by atoms with Crippen molar-refractivity contribution in [3.63, 3.8) is 0 Å². The van der Waals surface area contributed by atoms with Crippen LogP contribution in [-0.4, -0.2) is 48.7 Å². The van der Waals surface area contributed by atoms with E-state index in [-0.39, 0.29) is 88.4 Å². The molecular formula is C70H44F12N2O10S2. The average molecular weight is 1370 g/mol. The SMILES string of the molecule is COc1ccc(C(c2ccc(Oc3ccc(S(=O)(=O)c4ccc(Oc5ccc(C(c6ccc(Oc7cccc(Oc8ccc(S(=O)(=O)c9ccc(Oc%10cccc(C)c%10C#N)cc9)cc8)c7C#N)cc6)(C(F)(F)F)C(F)(F)F)cc5)cc4)cc3)cc2)(C(F)(F)F)C(F)(F)F)cc1. The van der Waals surface area contributed by atoms with Crippen LogP contribution in [0.15, 0.2) is 250 Å². The Bertz CT molecular complexity index is 4760. The molecule has 0 aliphatic rings. The van der Waals surface area contributed by atoms with Crippen LogP contribution < -0.4 is 28.4 Å². The molecule has 0 bridgehead atoms. The van der Waals surface area contributed by atoms with Crippen LogP contribution in [0.25, 0.3) is 0 Å². The summed E-state index contributed by atoms with van der Waals surface area (Å²) in [6, 6.07) is 44.6. The normalized spacial score (nSPS) is 12.4. The molecule has 0 aromatic heterocycles. The third kappa shape index (κ3) is 13.0. The zero-order valence-electron chi connectivity index (χ0n) is 49.3. The van der Waals surface area contributed by atoms with Gasteiger partial charge in [0.25, 0.3) is 0 Å². The number of benzene rings is 10. The molecule has 12 nitrogen and oxygen atoms in total.